The van der Waals surface area contributed by atoms with Crippen LogP contribution in [0.3, 0.4) is 0 Å². The Morgan fingerprint density at radius 1 is 1.60 bits per heavy atom. The Hall–Kier alpha value is -0.340. The first-order valence-electron chi connectivity index (χ1n) is 3.66. The first-order valence-corrected chi connectivity index (χ1v) is 3.66. The van der Waals surface area contributed by atoms with E-state index in [0.717, 1.165) is 25.1 Å². The minimum atomic E-state index is 0.105. The maximum atomic E-state index is 8.63. The highest BCUT2D eigenvalue weighted by molar-refractivity contribution is 4.96. The number of aliphatic hydroxyl groups is 1. The molecule has 0 aromatic carbocycles. The van der Waals surface area contributed by atoms with Gasteiger partial charge in [-0.3, -0.25) is 0 Å². The smallest absolute Gasteiger partial charge is 0.0651 e. The molecular weight excluding hydrogens is 126 g/mol. The fraction of sp³-hybridized carbons (Fsp3) is 0.750. The Kier molecular flexibility index (Phi) is 5.26. The number of aliphatic hydroxyl groups excluding tert-OH is 1. The van der Waals surface area contributed by atoms with E-state index in [4.69, 9.17) is 5.11 Å². The van der Waals surface area contributed by atoms with E-state index in [-0.39, 0.29) is 6.61 Å². The van der Waals surface area contributed by atoms with Crippen molar-refractivity contribution in [1.82, 2.24) is 4.90 Å². The van der Waals surface area contributed by atoms with Gasteiger partial charge in [0.25, 0.3) is 0 Å². The van der Waals surface area contributed by atoms with E-state index >= 15 is 0 Å². The SMILES string of the molecule is C=C(CO)CN(C)CCC. The van der Waals surface area contributed by atoms with Crippen LogP contribution in [0.1, 0.15) is 13.3 Å². The zero-order valence-corrected chi connectivity index (χ0v) is 6.93. The van der Waals surface area contributed by atoms with Crippen LogP contribution in [-0.4, -0.2) is 36.8 Å². The Bertz CT molecular complexity index is 101. The molecule has 10 heavy (non-hydrogen) atoms. The van der Waals surface area contributed by atoms with Crippen LogP contribution >= 0.6 is 0 Å². The average Bonchev–Trinajstić information content (AvgIpc) is 1.88. The molecule has 60 valence electrons. The molecule has 0 saturated heterocycles. The lowest BCUT2D eigenvalue weighted by molar-refractivity contribution is 0.298. The van der Waals surface area contributed by atoms with Crippen LogP contribution in [0.4, 0.5) is 0 Å². The molecule has 0 rings (SSSR count). The second-order valence-corrected chi connectivity index (χ2v) is 2.65. The zero-order chi connectivity index (χ0) is 7.98. The summed E-state index contributed by atoms with van der Waals surface area (Å²) in [5, 5.41) is 8.63. The van der Waals surface area contributed by atoms with Crippen molar-refractivity contribution in [3.63, 3.8) is 0 Å². The second kappa shape index (κ2) is 5.45. The third kappa shape index (κ3) is 4.53. The van der Waals surface area contributed by atoms with Gasteiger partial charge in [-0.05, 0) is 25.6 Å². The lowest BCUT2D eigenvalue weighted by Crippen LogP contribution is -2.22. The normalized spacial score (nSPS) is 10.4. The van der Waals surface area contributed by atoms with Crippen molar-refractivity contribution in [1.29, 1.82) is 0 Å². The molecule has 0 aliphatic carbocycles. The highest BCUT2D eigenvalue weighted by Crippen LogP contribution is 1.93. The van der Waals surface area contributed by atoms with E-state index in [0.29, 0.717) is 0 Å². The van der Waals surface area contributed by atoms with Crippen molar-refractivity contribution < 1.29 is 5.11 Å². The van der Waals surface area contributed by atoms with Crippen molar-refractivity contribution in [3.8, 4) is 0 Å². The van der Waals surface area contributed by atoms with E-state index in [1.54, 1.807) is 0 Å². The van der Waals surface area contributed by atoms with Gasteiger partial charge in [0.2, 0.25) is 0 Å². The van der Waals surface area contributed by atoms with Crippen molar-refractivity contribution in [2.75, 3.05) is 26.7 Å². The fourth-order valence-corrected chi connectivity index (χ4v) is 0.892. The standard InChI is InChI=1S/C8H17NO/c1-4-5-9(3)6-8(2)7-10/h10H,2,4-7H2,1,3H3. The maximum Gasteiger partial charge on any atom is 0.0651 e. The minimum absolute atomic E-state index is 0.105. The first kappa shape index (κ1) is 9.66. The van der Waals surface area contributed by atoms with Gasteiger partial charge in [-0.25, -0.2) is 0 Å². The van der Waals surface area contributed by atoms with Crippen LogP contribution in [0.15, 0.2) is 12.2 Å². The van der Waals surface area contributed by atoms with Crippen LogP contribution in [0.25, 0.3) is 0 Å². The molecule has 0 aromatic heterocycles. The summed E-state index contributed by atoms with van der Waals surface area (Å²) in [7, 11) is 2.03. The average molecular weight is 143 g/mol. The Morgan fingerprint density at radius 3 is 2.60 bits per heavy atom. The van der Waals surface area contributed by atoms with Gasteiger partial charge in [-0.2, -0.15) is 0 Å². The van der Waals surface area contributed by atoms with Gasteiger partial charge in [0.1, 0.15) is 0 Å². The molecule has 0 heterocycles. The summed E-state index contributed by atoms with van der Waals surface area (Å²) >= 11 is 0. The van der Waals surface area contributed by atoms with Gasteiger partial charge in [-0.15, -0.1) is 0 Å². The maximum absolute atomic E-state index is 8.63. The fourth-order valence-electron chi connectivity index (χ4n) is 0.892. The summed E-state index contributed by atoms with van der Waals surface area (Å²) in [5.41, 5.74) is 0.885. The molecule has 2 nitrogen and oxygen atoms in total. The van der Waals surface area contributed by atoms with E-state index in [9.17, 15) is 0 Å². The number of hydrogen-bond donors (Lipinski definition) is 1. The summed E-state index contributed by atoms with van der Waals surface area (Å²) in [5.74, 6) is 0. The van der Waals surface area contributed by atoms with Crippen molar-refractivity contribution in [3.05, 3.63) is 12.2 Å². The molecule has 0 fully saturated rings. The van der Waals surface area contributed by atoms with Crippen LogP contribution in [0.5, 0.6) is 0 Å². The van der Waals surface area contributed by atoms with E-state index in [1.807, 2.05) is 7.05 Å². The monoisotopic (exact) mass is 143 g/mol. The van der Waals surface area contributed by atoms with Crippen molar-refractivity contribution in [2.24, 2.45) is 0 Å². The lowest BCUT2D eigenvalue weighted by Gasteiger charge is -2.15. The molecule has 0 radical (unpaired) electrons. The topological polar surface area (TPSA) is 23.5 Å². The van der Waals surface area contributed by atoms with Gasteiger partial charge < -0.3 is 10.0 Å². The van der Waals surface area contributed by atoms with Crippen LogP contribution in [0, 0.1) is 0 Å². The Morgan fingerprint density at radius 2 is 2.20 bits per heavy atom. The van der Waals surface area contributed by atoms with Crippen LogP contribution in [-0.2, 0) is 0 Å². The Balaban J connectivity index is 3.37. The molecule has 0 bridgehead atoms. The van der Waals surface area contributed by atoms with Crippen molar-refractivity contribution >= 4 is 0 Å². The highest BCUT2D eigenvalue weighted by Gasteiger charge is 1.97. The molecule has 0 aromatic rings. The molecule has 0 aliphatic heterocycles. The van der Waals surface area contributed by atoms with Crippen molar-refractivity contribution in [2.45, 2.75) is 13.3 Å². The summed E-state index contributed by atoms with van der Waals surface area (Å²) in [6, 6.07) is 0. The largest absolute Gasteiger partial charge is 0.392 e. The van der Waals surface area contributed by atoms with Gasteiger partial charge in [-0.1, -0.05) is 13.5 Å². The first-order chi connectivity index (χ1) is 4.70. The molecule has 2 heteroatoms. The third-order valence-corrected chi connectivity index (χ3v) is 1.32. The van der Waals surface area contributed by atoms with Gasteiger partial charge in [0.05, 0.1) is 6.61 Å². The molecule has 0 unspecified atom stereocenters. The van der Waals surface area contributed by atoms with Gasteiger partial charge in [0, 0.05) is 6.54 Å². The van der Waals surface area contributed by atoms with Gasteiger partial charge in [0.15, 0.2) is 0 Å². The summed E-state index contributed by atoms with van der Waals surface area (Å²) in [4.78, 5) is 2.15. The second-order valence-electron chi connectivity index (χ2n) is 2.65. The highest BCUT2D eigenvalue weighted by atomic mass is 16.3. The Labute approximate surface area is 63.2 Å². The lowest BCUT2D eigenvalue weighted by atomic mass is 10.3. The molecule has 0 aliphatic rings. The van der Waals surface area contributed by atoms with Crippen LogP contribution in [0.2, 0.25) is 0 Å². The minimum Gasteiger partial charge on any atom is -0.392 e. The van der Waals surface area contributed by atoms with E-state index in [2.05, 4.69) is 18.4 Å². The third-order valence-electron chi connectivity index (χ3n) is 1.32. The molecular formula is C8H17NO. The van der Waals surface area contributed by atoms with Gasteiger partial charge >= 0.3 is 0 Å². The number of nitrogens with zero attached hydrogens (tertiary/aromatic N) is 1. The number of likely N-dealkylation sites (N-methyl/N-ethyl adjacent to an activating group) is 1. The predicted octanol–water partition coefficient (Wildman–Crippen LogP) is 0.877. The summed E-state index contributed by atoms with van der Waals surface area (Å²) in [6.45, 7) is 7.82. The van der Waals surface area contributed by atoms with E-state index in [1.165, 1.54) is 0 Å². The predicted molar refractivity (Wildman–Crippen MR) is 44.0 cm³/mol. The van der Waals surface area contributed by atoms with Crippen LogP contribution < -0.4 is 0 Å². The summed E-state index contributed by atoms with van der Waals surface area (Å²) in [6.07, 6.45) is 1.15. The number of hydrogen-bond acceptors (Lipinski definition) is 2. The molecule has 0 spiro atoms. The summed E-state index contributed by atoms with van der Waals surface area (Å²) < 4.78 is 0. The molecule has 1 N–H and O–H groups in total. The molecule has 0 atom stereocenters. The van der Waals surface area contributed by atoms with E-state index < -0.39 is 0 Å². The number of rotatable bonds is 5. The quantitative estimate of drug-likeness (QED) is 0.577. The zero-order valence-electron chi connectivity index (χ0n) is 6.93. The molecule has 0 amide bonds. The molecule has 0 saturated carbocycles.